The molecule has 8 N–H and O–H groups in total. The summed E-state index contributed by atoms with van der Waals surface area (Å²) in [5.41, 5.74) is 10.7. The van der Waals surface area contributed by atoms with Gasteiger partial charge in [0.05, 0.1) is 18.8 Å². The van der Waals surface area contributed by atoms with Gasteiger partial charge in [0.25, 0.3) is 0 Å². The summed E-state index contributed by atoms with van der Waals surface area (Å²) in [7, 11) is 0. The lowest BCUT2D eigenvalue weighted by molar-refractivity contribution is -0.157. The van der Waals surface area contributed by atoms with Gasteiger partial charge in [-0.25, -0.2) is 0 Å². The van der Waals surface area contributed by atoms with E-state index in [9.17, 15) is 28.8 Å². The van der Waals surface area contributed by atoms with E-state index in [-0.39, 0.29) is 19.0 Å². The Bertz CT molecular complexity index is 1100. The van der Waals surface area contributed by atoms with Crippen molar-refractivity contribution in [1.82, 2.24) is 26.2 Å². The molecule has 234 valence electrons. The van der Waals surface area contributed by atoms with Gasteiger partial charge in [0.2, 0.25) is 29.5 Å². The summed E-state index contributed by atoms with van der Waals surface area (Å²) in [6.07, 6.45) is 1.53. The number of ether oxygens (including phenoxy) is 1. The third-order valence-electron chi connectivity index (χ3n) is 7.48. The molecule has 3 rings (SSSR count). The number of nitrogens with one attached hydrogen (secondary N) is 4. The number of carbonyl (C=O) groups is 6. The van der Waals surface area contributed by atoms with Gasteiger partial charge >= 0.3 is 5.97 Å². The van der Waals surface area contributed by atoms with Crippen LogP contribution in [0, 0.1) is 5.92 Å². The molecule has 15 nitrogen and oxygen atoms in total. The molecule has 3 aliphatic rings. The smallest absolute Gasteiger partial charge is 0.308 e. The van der Waals surface area contributed by atoms with Gasteiger partial charge in [-0.1, -0.05) is 0 Å². The second kappa shape index (κ2) is 13.9. The summed E-state index contributed by atoms with van der Waals surface area (Å²) in [5, 5.41) is 10.4. The number of nitrogens with zero attached hydrogens (tertiary/aromatic N) is 2. The number of aliphatic imine (C=N–C) groups is 1. The first-order chi connectivity index (χ1) is 19.7. The number of carbonyl (C=O) groups excluding carboxylic acids is 6. The molecule has 0 aromatic carbocycles. The summed E-state index contributed by atoms with van der Waals surface area (Å²) in [6, 6.07) is -4.56. The number of hydrogen-bond donors (Lipinski definition) is 6. The Kier molecular flexibility index (Phi) is 10.9. The van der Waals surface area contributed by atoms with E-state index in [0.29, 0.717) is 38.1 Å². The molecule has 3 aliphatic heterocycles. The molecule has 0 aromatic heterocycles. The lowest BCUT2D eigenvalue weighted by Crippen LogP contribution is -2.65. The van der Waals surface area contributed by atoms with E-state index in [0.717, 1.165) is 0 Å². The van der Waals surface area contributed by atoms with Crippen LogP contribution in [0.15, 0.2) is 4.99 Å². The second-order valence-corrected chi connectivity index (χ2v) is 12.1. The van der Waals surface area contributed by atoms with Crippen molar-refractivity contribution < 1.29 is 33.5 Å². The van der Waals surface area contributed by atoms with Crippen LogP contribution in [0.5, 0.6) is 0 Å². The molecule has 0 aliphatic carbocycles. The third-order valence-corrected chi connectivity index (χ3v) is 7.48. The molecule has 0 radical (unpaired) electrons. The van der Waals surface area contributed by atoms with Gasteiger partial charge in [-0.2, -0.15) is 0 Å². The standard InChI is InChI=1S/C27H44N8O7/c1-14(29)30-9-5-6-17-23(38)31-13-20(36)32-18(11-21(37)42-27(2,3)4)24(39)34-22-15(12-28)10-16-7-8-19(25(40)33-17)35(16)26(22)41/h15-19,22H,5-13,28H2,1-4H3,(H2,29,30)(H,31,38)(H,32,36)(H,33,40)(H,34,39)/t15?,16-,17-,18-,19-,22+/m0/s1. The van der Waals surface area contributed by atoms with Crippen LogP contribution < -0.4 is 32.7 Å². The Balaban J connectivity index is 1.92. The Morgan fingerprint density at radius 1 is 1.02 bits per heavy atom. The van der Waals surface area contributed by atoms with Gasteiger partial charge < -0.3 is 42.4 Å². The van der Waals surface area contributed by atoms with Crippen molar-refractivity contribution in [2.45, 2.75) is 102 Å². The fourth-order valence-corrected chi connectivity index (χ4v) is 5.60. The van der Waals surface area contributed by atoms with Crippen molar-refractivity contribution in [2.24, 2.45) is 22.4 Å². The summed E-state index contributed by atoms with van der Waals surface area (Å²) >= 11 is 0. The highest BCUT2D eigenvalue weighted by atomic mass is 16.6. The molecular weight excluding hydrogens is 548 g/mol. The van der Waals surface area contributed by atoms with Crippen LogP contribution in [-0.4, -0.2) is 102 Å². The molecule has 0 aromatic rings. The molecule has 42 heavy (non-hydrogen) atoms. The minimum atomic E-state index is -1.39. The van der Waals surface area contributed by atoms with E-state index in [1.807, 2.05) is 0 Å². The Labute approximate surface area is 245 Å². The summed E-state index contributed by atoms with van der Waals surface area (Å²) < 4.78 is 5.34. The zero-order chi connectivity index (χ0) is 31.2. The van der Waals surface area contributed by atoms with E-state index in [2.05, 4.69) is 26.3 Å². The molecule has 1 unspecified atom stereocenters. The van der Waals surface area contributed by atoms with Crippen molar-refractivity contribution in [3.05, 3.63) is 0 Å². The third kappa shape index (κ3) is 8.63. The van der Waals surface area contributed by atoms with Crippen molar-refractivity contribution in [1.29, 1.82) is 0 Å². The molecule has 5 amide bonds. The van der Waals surface area contributed by atoms with Crippen molar-refractivity contribution >= 4 is 41.3 Å². The fourth-order valence-electron chi connectivity index (χ4n) is 5.60. The molecule has 3 saturated heterocycles. The lowest BCUT2D eigenvalue weighted by atomic mass is 9.86. The SMILES string of the molecule is CC(N)=NCCC[C@@H]1NC(=O)[C@@H]2CC[C@H]3CC(CN)[C@@H](NC(=O)[C@H](CC(=O)OC(C)(C)C)NC(=O)CNC1=O)C(=O)N32. The van der Waals surface area contributed by atoms with Gasteiger partial charge in [-0.15, -0.1) is 0 Å². The van der Waals surface area contributed by atoms with Gasteiger partial charge in [0, 0.05) is 18.5 Å². The largest absolute Gasteiger partial charge is 0.460 e. The average Bonchev–Trinajstić information content (AvgIpc) is 3.32. The van der Waals surface area contributed by atoms with Crippen LogP contribution in [0.3, 0.4) is 0 Å². The predicted molar refractivity (Wildman–Crippen MR) is 151 cm³/mol. The maximum absolute atomic E-state index is 13.8. The highest BCUT2D eigenvalue weighted by Gasteiger charge is 2.50. The quantitative estimate of drug-likeness (QED) is 0.0814. The topological polar surface area (TPSA) is 227 Å². The van der Waals surface area contributed by atoms with E-state index < -0.39 is 84.2 Å². The highest BCUT2D eigenvalue weighted by Crippen LogP contribution is 2.35. The molecular formula is C27H44N8O7. The fraction of sp³-hybridized carbons (Fsp3) is 0.741. The number of piperidine rings is 1. The maximum atomic E-state index is 13.8. The Morgan fingerprint density at radius 2 is 1.74 bits per heavy atom. The normalized spacial score (nSPS) is 29.5. The monoisotopic (exact) mass is 592 g/mol. The number of fused-ring (bicyclic) bond motifs is 1. The first kappa shape index (κ1) is 32.8. The minimum Gasteiger partial charge on any atom is -0.460 e. The molecule has 15 heteroatoms. The first-order valence-electron chi connectivity index (χ1n) is 14.4. The molecule has 2 bridgehead atoms. The minimum absolute atomic E-state index is 0.103. The van der Waals surface area contributed by atoms with E-state index in [1.165, 1.54) is 4.90 Å². The number of rotatable bonds is 7. The number of nitrogens with two attached hydrogens (primary N) is 2. The summed E-state index contributed by atoms with van der Waals surface area (Å²) in [4.78, 5) is 84.8. The average molecular weight is 593 g/mol. The van der Waals surface area contributed by atoms with Gasteiger partial charge in [-0.3, -0.25) is 33.8 Å². The van der Waals surface area contributed by atoms with Gasteiger partial charge in [0.1, 0.15) is 29.8 Å². The highest BCUT2D eigenvalue weighted by molar-refractivity contribution is 5.98. The second-order valence-electron chi connectivity index (χ2n) is 12.1. The van der Waals surface area contributed by atoms with Crippen LogP contribution in [0.2, 0.25) is 0 Å². The van der Waals surface area contributed by atoms with Crippen LogP contribution in [0.25, 0.3) is 0 Å². The van der Waals surface area contributed by atoms with Crippen LogP contribution >= 0.6 is 0 Å². The van der Waals surface area contributed by atoms with Crippen molar-refractivity contribution in [2.75, 3.05) is 19.6 Å². The molecule has 3 fully saturated rings. The van der Waals surface area contributed by atoms with Crippen LogP contribution in [0.1, 0.15) is 66.2 Å². The first-order valence-corrected chi connectivity index (χ1v) is 14.4. The lowest BCUT2D eigenvalue weighted by Gasteiger charge is -2.42. The van der Waals surface area contributed by atoms with Crippen LogP contribution in [-0.2, 0) is 33.5 Å². The van der Waals surface area contributed by atoms with Crippen molar-refractivity contribution in [3.8, 4) is 0 Å². The summed E-state index contributed by atoms with van der Waals surface area (Å²) in [6.45, 7) is 6.56. The molecule has 6 atom stereocenters. The van der Waals surface area contributed by atoms with E-state index in [1.54, 1.807) is 27.7 Å². The van der Waals surface area contributed by atoms with E-state index in [4.69, 9.17) is 16.2 Å². The maximum Gasteiger partial charge on any atom is 0.308 e. The predicted octanol–water partition coefficient (Wildman–Crippen LogP) is -2.20. The Hall–Kier alpha value is -3.75. The van der Waals surface area contributed by atoms with Gasteiger partial charge in [-0.05, 0) is 66.3 Å². The number of esters is 1. The number of hydrogen-bond acceptors (Lipinski definition) is 9. The summed E-state index contributed by atoms with van der Waals surface area (Å²) in [5.74, 6) is -3.88. The van der Waals surface area contributed by atoms with Gasteiger partial charge in [0.15, 0.2) is 0 Å². The molecule has 3 heterocycles. The zero-order valence-electron chi connectivity index (χ0n) is 24.7. The molecule has 0 spiro atoms. The number of amides is 5. The van der Waals surface area contributed by atoms with Crippen molar-refractivity contribution in [3.63, 3.8) is 0 Å². The number of amidine groups is 1. The zero-order valence-corrected chi connectivity index (χ0v) is 24.7. The Morgan fingerprint density at radius 3 is 2.38 bits per heavy atom. The van der Waals surface area contributed by atoms with E-state index >= 15 is 0 Å². The molecule has 0 saturated carbocycles. The van der Waals surface area contributed by atoms with Crippen LogP contribution in [0.4, 0.5) is 0 Å².